The third-order valence-electron chi connectivity index (χ3n) is 10.8. The quantitative estimate of drug-likeness (QED) is 0.193. The fourth-order valence-electron chi connectivity index (χ4n) is 7.94. The zero-order chi connectivity index (χ0) is 41.1. The number of carbonyl (C=O) groups is 4. The van der Waals surface area contributed by atoms with Crippen LogP contribution in [0.15, 0.2) is 67.3 Å². The van der Waals surface area contributed by atoms with Gasteiger partial charge in [0.1, 0.15) is 40.8 Å². The Balaban J connectivity index is 1.35. The summed E-state index contributed by atoms with van der Waals surface area (Å²) in [6.45, 7) is 8.95. The van der Waals surface area contributed by atoms with Crippen LogP contribution in [-0.2, 0) is 29.1 Å². The third-order valence-corrected chi connectivity index (χ3v) is 11.4. The molecule has 2 aromatic carbocycles. The maximum atomic E-state index is 14.8. The molecule has 3 fully saturated rings. The van der Waals surface area contributed by atoms with Gasteiger partial charge in [0.2, 0.25) is 21.8 Å². The highest BCUT2D eigenvalue weighted by Crippen LogP contribution is 2.45. The summed E-state index contributed by atoms with van der Waals surface area (Å²) in [5.41, 5.74) is -0.284. The molecule has 3 N–H and O–H groups in total. The summed E-state index contributed by atoms with van der Waals surface area (Å²) in [4.78, 5) is 62.0. The zero-order valence-electron chi connectivity index (χ0n) is 33.2. The smallest absolute Gasteiger partial charge is 0.408 e. The zero-order valence-corrected chi connectivity index (χ0v) is 34.0. The van der Waals surface area contributed by atoms with E-state index in [2.05, 4.69) is 17.2 Å². The van der Waals surface area contributed by atoms with E-state index in [0.717, 1.165) is 43.9 Å². The predicted molar refractivity (Wildman–Crippen MR) is 215 cm³/mol. The monoisotopic (exact) mass is 803 g/mol. The number of carbonyl (C=O) groups excluding carboxylic acids is 4. The highest BCUT2D eigenvalue weighted by atomic mass is 32.2. The van der Waals surface area contributed by atoms with Gasteiger partial charge in [0.05, 0.1) is 31.1 Å². The van der Waals surface area contributed by atoms with Gasteiger partial charge in [-0.3, -0.25) is 19.1 Å². The summed E-state index contributed by atoms with van der Waals surface area (Å²) in [6, 6.07) is 14.7. The first-order valence-corrected chi connectivity index (χ1v) is 21.4. The molecule has 5 atom stereocenters. The van der Waals surface area contributed by atoms with Crippen LogP contribution in [0.25, 0.3) is 22.2 Å². The van der Waals surface area contributed by atoms with Gasteiger partial charge in [-0.2, -0.15) is 0 Å². The van der Waals surface area contributed by atoms with Crippen molar-refractivity contribution in [3.05, 3.63) is 67.3 Å². The van der Waals surface area contributed by atoms with E-state index in [9.17, 15) is 27.6 Å². The van der Waals surface area contributed by atoms with Crippen LogP contribution in [0.2, 0.25) is 0 Å². The van der Waals surface area contributed by atoms with Crippen molar-refractivity contribution < 1.29 is 41.8 Å². The van der Waals surface area contributed by atoms with Crippen LogP contribution in [0.3, 0.4) is 0 Å². The number of rotatable bonds is 13. The number of likely N-dealkylation sites (tertiary alicyclic amines) is 1. The van der Waals surface area contributed by atoms with Crippen molar-refractivity contribution >= 4 is 44.7 Å². The molecular weight excluding hydrogens is 751 g/mol. The number of ether oxygens (including phenoxy) is 3. The molecule has 0 radical (unpaired) electrons. The Hall–Kier alpha value is -5.18. The Bertz CT molecular complexity index is 2120. The lowest BCUT2D eigenvalue weighted by Crippen LogP contribution is -2.58. The predicted octanol–water partition coefficient (Wildman–Crippen LogP) is 5.26. The summed E-state index contributed by atoms with van der Waals surface area (Å²) in [5, 5.41) is 6.30. The van der Waals surface area contributed by atoms with Gasteiger partial charge in [0.15, 0.2) is 0 Å². The largest absolute Gasteiger partial charge is 0.497 e. The van der Waals surface area contributed by atoms with E-state index in [1.165, 1.54) is 11.0 Å². The van der Waals surface area contributed by atoms with E-state index in [1.54, 1.807) is 40.0 Å². The molecule has 1 aliphatic heterocycles. The van der Waals surface area contributed by atoms with Crippen LogP contribution in [-0.4, -0.2) is 91.4 Å². The van der Waals surface area contributed by atoms with E-state index < -0.39 is 69.1 Å². The number of hydrogen-bond acceptors (Lipinski definition) is 10. The van der Waals surface area contributed by atoms with E-state index in [4.69, 9.17) is 19.2 Å². The highest BCUT2D eigenvalue weighted by Gasteiger charge is 2.61. The van der Waals surface area contributed by atoms with Crippen molar-refractivity contribution in [2.75, 3.05) is 19.9 Å². The molecule has 1 aromatic heterocycles. The Kier molecular flexibility index (Phi) is 12.2. The molecule has 0 bridgehead atoms. The number of pyridine rings is 1. The molecule has 6 rings (SSSR count). The molecule has 14 nitrogen and oxygen atoms in total. The second-order valence-corrected chi connectivity index (χ2v) is 18.1. The minimum absolute atomic E-state index is 0.0256. The van der Waals surface area contributed by atoms with Crippen molar-refractivity contribution in [2.45, 2.75) is 101 Å². The SMILES string of the molecule is C=CC1CC1(NC(=O)C1CC(Oc2cc(-c3ccccc3)nc3cc(OC)ccc23)CN1C(=O)C(CC1CCCCC1)NC(=O)OC(C)(C)C)C(=O)NS(C)(=O)=O. The van der Waals surface area contributed by atoms with Gasteiger partial charge in [-0.15, -0.1) is 6.58 Å². The molecule has 0 spiro atoms. The number of fused-ring (bicyclic) bond motifs is 1. The Morgan fingerprint density at radius 3 is 2.40 bits per heavy atom. The first-order chi connectivity index (χ1) is 27.0. The van der Waals surface area contributed by atoms with Gasteiger partial charge >= 0.3 is 6.09 Å². The van der Waals surface area contributed by atoms with Crippen LogP contribution in [0.4, 0.5) is 4.79 Å². The lowest BCUT2D eigenvalue weighted by atomic mass is 9.84. The van der Waals surface area contributed by atoms with Crippen molar-refractivity contribution in [3.8, 4) is 22.8 Å². The van der Waals surface area contributed by atoms with Gasteiger partial charge in [0.25, 0.3) is 5.91 Å². The average Bonchev–Trinajstić information content (AvgIpc) is 3.72. The second-order valence-electron chi connectivity index (χ2n) is 16.4. The molecule has 3 aliphatic rings. The molecule has 3 aromatic rings. The number of hydrogen-bond donors (Lipinski definition) is 3. The molecule has 1 saturated heterocycles. The second kappa shape index (κ2) is 16.7. The van der Waals surface area contributed by atoms with E-state index >= 15 is 0 Å². The molecule has 4 amide bonds. The summed E-state index contributed by atoms with van der Waals surface area (Å²) in [5.74, 6) is -1.32. The van der Waals surface area contributed by atoms with E-state index in [0.29, 0.717) is 34.5 Å². The molecule has 57 heavy (non-hydrogen) atoms. The summed E-state index contributed by atoms with van der Waals surface area (Å²) in [7, 11) is -2.38. The summed E-state index contributed by atoms with van der Waals surface area (Å²) >= 11 is 0. The number of nitrogens with zero attached hydrogens (tertiary/aromatic N) is 2. The minimum atomic E-state index is -3.95. The number of nitrogens with one attached hydrogen (secondary N) is 3. The Labute approximate surface area is 334 Å². The minimum Gasteiger partial charge on any atom is -0.497 e. The standard InChI is InChI=1S/C42H53N5O9S/c1-7-28-24-42(28,39(50)46-57(6,52)53)45-37(48)35-22-30(25-47(35)38(49)34(20-26-14-10-8-11-15-26)44-40(51)56-41(2,3)4)55-36-23-32(27-16-12-9-13-17-27)43-33-21-29(54-5)18-19-31(33)36/h7,9,12-13,16-19,21,23,26,28,30,34-35H,1,8,10-11,14-15,20,22,24-25H2,2-6H3,(H,44,51)(H,45,48)(H,46,50). The van der Waals surface area contributed by atoms with Crippen LogP contribution in [0, 0.1) is 11.8 Å². The van der Waals surface area contributed by atoms with Crippen molar-refractivity contribution in [2.24, 2.45) is 11.8 Å². The third kappa shape index (κ3) is 10.0. The fraction of sp³-hybridized carbons (Fsp3) is 0.500. The number of benzene rings is 2. The number of sulfonamides is 1. The topological polar surface area (TPSA) is 182 Å². The normalized spacial score (nSPS) is 22.9. The first-order valence-electron chi connectivity index (χ1n) is 19.5. The number of alkyl carbamates (subject to hydrolysis) is 1. The van der Waals surface area contributed by atoms with Crippen molar-refractivity contribution in [1.82, 2.24) is 25.2 Å². The molecule has 306 valence electrons. The average molecular weight is 804 g/mol. The number of aromatic nitrogens is 1. The van der Waals surface area contributed by atoms with Crippen LogP contribution >= 0.6 is 0 Å². The number of amides is 4. The van der Waals surface area contributed by atoms with Gasteiger partial charge in [-0.1, -0.05) is 68.5 Å². The molecule has 2 heterocycles. The molecule has 5 unspecified atom stereocenters. The maximum Gasteiger partial charge on any atom is 0.408 e. The van der Waals surface area contributed by atoms with Gasteiger partial charge in [-0.05, 0) is 51.7 Å². The van der Waals surface area contributed by atoms with Crippen LogP contribution < -0.4 is 24.8 Å². The molecule has 2 saturated carbocycles. The van der Waals surface area contributed by atoms with Crippen molar-refractivity contribution in [3.63, 3.8) is 0 Å². The van der Waals surface area contributed by atoms with Gasteiger partial charge < -0.3 is 29.7 Å². The first kappa shape index (κ1) is 41.5. The Morgan fingerprint density at radius 1 is 1.05 bits per heavy atom. The van der Waals surface area contributed by atoms with Crippen LogP contribution in [0.1, 0.15) is 72.1 Å². The molecule has 2 aliphatic carbocycles. The summed E-state index contributed by atoms with van der Waals surface area (Å²) < 4.78 is 43.9. The van der Waals surface area contributed by atoms with Gasteiger partial charge in [-0.25, -0.2) is 18.2 Å². The highest BCUT2D eigenvalue weighted by molar-refractivity contribution is 7.89. The van der Waals surface area contributed by atoms with Crippen LogP contribution in [0.5, 0.6) is 11.5 Å². The lowest BCUT2D eigenvalue weighted by molar-refractivity contribution is -0.141. The molecule has 15 heteroatoms. The fourth-order valence-corrected chi connectivity index (χ4v) is 8.46. The van der Waals surface area contributed by atoms with Crippen molar-refractivity contribution in [1.29, 1.82) is 0 Å². The maximum absolute atomic E-state index is 14.8. The van der Waals surface area contributed by atoms with E-state index in [-0.39, 0.29) is 25.3 Å². The summed E-state index contributed by atoms with van der Waals surface area (Å²) in [6.07, 6.45) is 6.33. The van der Waals surface area contributed by atoms with Gasteiger partial charge in [0, 0.05) is 35.4 Å². The lowest BCUT2D eigenvalue weighted by Gasteiger charge is -2.32. The Morgan fingerprint density at radius 2 is 1.77 bits per heavy atom. The molecular formula is C42H53N5O9S. The van der Waals surface area contributed by atoms with E-state index in [1.807, 2.05) is 47.2 Å². The number of methoxy groups -OCH3 is 1.